The molecule has 0 heterocycles. The topological polar surface area (TPSA) is 67.4 Å². The lowest BCUT2D eigenvalue weighted by atomic mass is 10.2. The van der Waals surface area contributed by atoms with Crippen LogP contribution < -0.4 is 15.4 Å². The van der Waals surface area contributed by atoms with E-state index in [-0.39, 0.29) is 11.8 Å². The highest BCUT2D eigenvalue weighted by Crippen LogP contribution is 2.11. The minimum atomic E-state index is -0.554. The van der Waals surface area contributed by atoms with Gasteiger partial charge in [-0.1, -0.05) is 6.92 Å². The Hall–Kier alpha value is -2.04. The van der Waals surface area contributed by atoms with Crippen LogP contribution in [0.4, 0.5) is 0 Å². The molecule has 1 aromatic carbocycles. The molecular formula is C14H20N2O3. The molecule has 1 aromatic rings. The lowest BCUT2D eigenvalue weighted by Gasteiger charge is -2.13. The summed E-state index contributed by atoms with van der Waals surface area (Å²) >= 11 is 0. The van der Waals surface area contributed by atoms with Gasteiger partial charge in [0.05, 0.1) is 7.11 Å². The smallest absolute Gasteiger partial charge is 0.251 e. The van der Waals surface area contributed by atoms with Gasteiger partial charge in [-0.2, -0.15) is 0 Å². The van der Waals surface area contributed by atoms with Crippen LogP contribution in [-0.4, -0.2) is 31.5 Å². The van der Waals surface area contributed by atoms with E-state index in [0.717, 1.165) is 6.42 Å². The monoisotopic (exact) mass is 264 g/mol. The van der Waals surface area contributed by atoms with Crippen molar-refractivity contribution < 1.29 is 14.3 Å². The summed E-state index contributed by atoms with van der Waals surface area (Å²) in [5.41, 5.74) is 0.496. The predicted molar refractivity (Wildman–Crippen MR) is 73.2 cm³/mol. The largest absolute Gasteiger partial charge is 0.497 e. The molecule has 0 saturated carbocycles. The normalized spacial score (nSPS) is 11.5. The third kappa shape index (κ3) is 4.62. The lowest BCUT2D eigenvalue weighted by molar-refractivity contribution is -0.122. The van der Waals surface area contributed by atoms with Crippen LogP contribution in [-0.2, 0) is 4.79 Å². The summed E-state index contributed by atoms with van der Waals surface area (Å²) in [6.45, 7) is 4.24. The number of carbonyl (C=O) groups excluding carboxylic acids is 2. The van der Waals surface area contributed by atoms with Gasteiger partial charge in [-0.15, -0.1) is 0 Å². The van der Waals surface area contributed by atoms with Crippen LogP contribution in [0.2, 0.25) is 0 Å². The molecule has 19 heavy (non-hydrogen) atoms. The third-order valence-electron chi connectivity index (χ3n) is 2.64. The predicted octanol–water partition coefficient (Wildman–Crippen LogP) is 1.34. The van der Waals surface area contributed by atoms with Gasteiger partial charge in [0, 0.05) is 12.1 Å². The minimum absolute atomic E-state index is 0.177. The van der Waals surface area contributed by atoms with E-state index in [1.807, 2.05) is 6.92 Å². The van der Waals surface area contributed by atoms with Crippen molar-refractivity contribution in [2.45, 2.75) is 26.3 Å². The van der Waals surface area contributed by atoms with E-state index in [2.05, 4.69) is 10.6 Å². The Labute approximate surface area is 113 Å². The van der Waals surface area contributed by atoms with E-state index in [1.54, 1.807) is 38.3 Å². The molecule has 0 aliphatic heterocycles. The molecule has 0 aliphatic rings. The Bertz CT molecular complexity index is 429. The lowest BCUT2D eigenvalue weighted by Crippen LogP contribution is -2.44. The van der Waals surface area contributed by atoms with Gasteiger partial charge < -0.3 is 15.4 Å². The van der Waals surface area contributed by atoms with Crippen molar-refractivity contribution in [3.8, 4) is 5.75 Å². The van der Waals surface area contributed by atoms with E-state index in [9.17, 15) is 9.59 Å². The van der Waals surface area contributed by atoms with Crippen LogP contribution in [0.3, 0.4) is 0 Å². The fraction of sp³-hybridized carbons (Fsp3) is 0.429. The van der Waals surface area contributed by atoms with Crippen molar-refractivity contribution >= 4 is 11.8 Å². The number of carbonyl (C=O) groups is 2. The third-order valence-corrected chi connectivity index (χ3v) is 2.64. The van der Waals surface area contributed by atoms with Gasteiger partial charge in [0.15, 0.2) is 0 Å². The van der Waals surface area contributed by atoms with E-state index in [4.69, 9.17) is 4.74 Å². The molecule has 0 fully saturated rings. The molecule has 0 aromatic heterocycles. The average Bonchev–Trinajstić information content (AvgIpc) is 2.44. The van der Waals surface area contributed by atoms with E-state index < -0.39 is 6.04 Å². The summed E-state index contributed by atoms with van der Waals surface area (Å²) in [7, 11) is 1.56. The highest BCUT2D eigenvalue weighted by Gasteiger charge is 2.15. The van der Waals surface area contributed by atoms with Gasteiger partial charge in [-0.25, -0.2) is 0 Å². The Morgan fingerprint density at radius 3 is 2.42 bits per heavy atom. The molecule has 1 atom stereocenters. The molecule has 0 aliphatic carbocycles. The Kier molecular flexibility index (Phi) is 5.85. The first-order valence-corrected chi connectivity index (χ1v) is 6.31. The van der Waals surface area contributed by atoms with Crippen LogP contribution >= 0.6 is 0 Å². The molecule has 104 valence electrons. The number of hydrogen-bond donors (Lipinski definition) is 2. The average molecular weight is 264 g/mol. The van der Waals surface area contributed by atoms with Crippen LogP contribution in [0.1, 0.15) is 30.6 Å². The standard InChI is InChI=1S/C14H20N2O3/c1-4-9-15-13(17)10(2)16-14(18)11-5-7-12(19-3)8-6-11/h5-8,10H,4,9H2,1-3H3,(H,15,17)(H,16,18)/t10-/m1/s1. The van der Waals surface area contributed by atoms with Crippen LogP contribution in [0.15, 0.2) is 24.3 Å². The molecular weight excluding hydrogens is 244 g/mol. The Balaban J connectivity index is 2.55. The number of hydrogen-bond acceptors (Lipinski definition) is 3. The zero-order valence-electron chi connectivity index (χ0n) is 11.5. The Morgan fingerprint density at radius 2 is 1.89 bits per heavy atom. The van der Waals surface area contributed by atoms with Crippen molar-refractivity contribution in [2.75, 3.05) is 13.7 Å². The van der Waals surface area contributed by atoms with Crippen LogP contribution in [0.25, 0.3) is 0 Å². The molecule has 0 unspecified atom stereocenters. The SMILES string of the molecule is CCCNC(=O)[C@@H](C)NC(=O)c1ccc(OC)cc1. The second kappa shape index (κ2) is 7.41. The molecule has 2 amide bonds. The van der Waals surface area contributed by atoms with Gasteiger partial charge in [0.1, 0.15) is 11.8 Å². The molecule has 0 bridgehead atoms. The van der Waals surface area contributed by atoms with Gasteiger partial charge in [-0.3, -0.25) is 9.59 Å². The quantitative estimate of drug-likeness (QED) is 0.814. The highest BCUT2D eigenvalue weighted by molar-refractivity contribution is 5.97. The second-order valence-electron chi connectivity index (χ2n) is 4.21. The first kappa shape index (κ1) is 15.0. The van der Waals surface area contributed by atoms with Crippen LogP contribution in [0.5, 0.6) is 5.75 Å². The highest BCUT2D eigenvalue weighted by atomic mass is 16.5. The van der Waals surface area contributed by atoms with Crippen molar-refractivity contribution in [1.29, 1.82) is 0 Å². The van der Waals surface area contributed by atoms with Crippen LogP contribution in [0, 0.1) is 0 Å². The maximum Gasteiger partial charge on any atom is 0.251 e. The minimum Gasteiger partial charge on any atom is -0.497 e. The summed E-state index contributed by atoms with van der Waals surface area (Å²) in [5, 5.41) is 5.38. The summed E-state index contributed by atoms with van der Waals surface area (Å²) in [6.07, 6.45) is 0.866. The summed E-state index contributed by atoms with van der Waals surface area (Å²) in [4.78, 5) is 23.5. The fourth-order valence-corrected chi connectivity index (χ4v) is 1.49. The molecule has 5 heteroatoms. The molecule has 1 rings (SSSR count). The zero-order valence-corrected chi connectivity index (χ0v) is 11.5. The number of ether oxygens (including phenoxy) is 1. The number of amides is 2. The van der Waals surface area contributed by atoms with Crippen molar-refractivity contribution in [1.82, 2.24) is 10.6 Å². The van der Waals surface area contributed by atoms with Gasteiger partial charge in [0.25, 0.3) is 5.91 Å². The molecule has 0 spiro atoms. The van der Waals surface area contributed by atoms with E-state index in [1.165, 1.54) is 0 Å². The number of benzene rings is 1. The summed E-state index contributed by atoms with van der Waals surface area (Å²) in [5.74, 6) is 0.232. The van der Waals surface area contributed by atoms with Gasteiger partial charge in [-0.05, 0) is 37.6 Å². The molecule has 2 N–H and O–H groups in total. The fourth-order valence-electron chi connectivity index (χ4n) is 1.49. The van der Waals surface area contributed by atoms with E-state index >= 15 is 0 Å². The molecule has 0 saturated heterocycles. The summed E-state index contributed by atoms with van der Waals surface area (Å²) < 4.78 is 5.02. The summed E-state index contributed by atoms with van der Waals surface area (Å²) in [6, 6.07) is 6.17. The van der Waals surface area contributed by atoms with E-state index in [0.29, 0.717) is 17.9 Å². The van der Waals surface area contributed by atoms with Gasteiger partial charge in [0.2, 0.25) is 5.91 Å². The number of methoxy groups -OCH3 is 1. The number of rotatable bonds is 6. The maximum absolute atomic E-state index is 11.9. The maximum atomic E-state index is 11.9. The van der Waals surface area contributed by atoms with Crippen molar-refractivity contribution in [3.63, 3.8) is 0 Å². The first-order valence-electron chi connectivity index (χ1n) is 6.31. The van der Waals surface area contributed by atoms with Crippen molar-refractivity contribution in [2.24, 2.45) is 0 Å². The van der Waals surface area contributed by atoms with Gasteiger partial charge >= 0.3 is 0 Å². The number of nitrogens with one attached hydrogen (secondary N) is 2. The van der Waals surface area contributed by atoms with Crippen molar-refractivity contribution in [3.05, 3.63) is 29.8 Å². The first-order chi connectivity index (χ1) is 9.08. The Morgan fingerprint density at radius 1 is 1.26 bits per heavy atom. The molecule has 5 nitrogen and oxygen atoms in total. The zero-order chi connectivity index (χ0) is 14.3. The molecule has 0 radical (unpaired) electrons. The second-order valence-corrected chi connectivity index (χ2v) is 4.21.